The van der Waals surface area contributed by atoms with Crippen molar-refractivity contribution in [3.05, 3.63) is 83.9 Å². The van der Waals surface area contributed by atoms with E-state index in [4.69, 9.17) is 4.74 Å². The van der Waals surface area contributed by atoms with Gasteiger partial charge in [-0.2, -0.15) is 0 Å². The maximum absolute atomic E-state index is 12.4. The van der Waals surface area contributed by atoms with E-state index >= 15 is 0 Å². The van der Waals surface area contributed by atoms with Gasteiger partial charge in [-0.3, -0.25) is 9.59 Å². The summed E-state index contributed by atoms with van der Waals surface area (Å²) in [5.74, 6) is -0.818. The molecule has 0 saturated carbocycles. The molecule has 0 aliphatic carbocycles. The van der Waals surface area contributed by atoms with Crippen LogP contribution >= 0.6 is 0 Å². The fourth-order valence-electron chi connectivity index (χ4n) is 2.11. The predicted octanol–water partition coefficient (Wildman–Crippen LogP) is 3.75. The lowest BCUT2D eigenvalue weighted by Crippen LogP contribution is -2.14. The van der Waals surface area contributed by atoms with Gasteiger partial charge in [-0.15, -0.1) is 0 Å². The summed E-state index contributed by atoms with van der Waals surface area (Å²) in [6.45, 7) is 5.46. The Bertz CT molecular complexity index is 674. The molecule has 0 aliphatic rings. The first-order valence-corrected chi connectivity index (χ1v) is 7.10. The molecule has 0 aliphatic heterocycles. The molecule has 1 atom stereocenters. The summed E-state index contributed by atoms with van der Waals surface area (Å²) in [6, 6.07) is 16.2. The first-order valence-electron chi connectivity index (χ1n) is 7.10. The largest absolute Gasteiger partial charge is 0.461 e. The van der Waals surface area contributed by atoms with E-state index in [1.165, 1.54) is 6.08 Å². The van der Waals surface area contributed by atoms with Crippen molar-refractivity contribution in [2.24, 2.45) is 0 Å². The number of ketones is 1. The Hall–Kier alpha value is -2.68. The zero-order valence-corrected chi connectivity index (χ0v) is 12.5. The van der Waals surface area contributed by atoms with Crippen molar-refractivity contribution >= 4 is 11.8 Å². The Kier molecular flexibility index (Phi) is 5.26. The smallest absolute Gasteiger partial charge is 0.313 e. The Morgan fingerprint density at radius 2 is 1.77 bits per heavy atom. The topological polar surface area (TPSA) is 43.4 Å². The van der Waals surface area contributed by atoms with Crippen molar-refractivity contribution in [1.82, 2.24) is 0 Å². The molecule has 3 nitrogen and oxygen atoms in total. The van der Waals surface area contributed by atoms with Crippen LogP contribution < -0.4 is 0 Å². The number of rotatable bonds is 6. The summed E-state index contributed by atoms with van der Waals surface area (Å²) in [4.78, 5) is 24.3. The van der Waals surface area contributed by atoms with Gasteiger partial charge in [0.2, 0.25) is 0 Å². The highest BCUT2D eigenvalue weighted by atomic mass is 16.5. The van der Waals surface area contributed by atoms with E-state index in [0.29, 0.717) is 11.1 Å². The van der Waals surface area contributed by atoms with Crippen LogP contribution in [0.4, 0.5) is 0 Å². The third kappa shape index (κ3) is 3.70. The fraction of sp³-hybridized carbons (Fsp3) is 0.158. The van der Waals surface area contributed by atoms with Crippen molar-refractivity contribution < 1.29 is 14.3 Å². The van der Waals surface area contributed by atoms with Crippen LogP contribution in [0.15, 0.2) is 67.3 Å². The van der Waals surface area contributed by atoms with Gasteiger partial charge in [-0.1, -0.05) is 61.2 Å². The number of benzene rings is 2. The van der Waals surface area contributed by atoms with Crippen molar-refractivity contribution in [2.75, 3.05) is 6.61 Å². The highest BCUT2D eigenvalue weighted by Gasteiger charge is 2.18. The van der Waals surface area contributed by atoms with Crippen molar-refractivity contribution in [1.29, 1.82) is 0 Å². The van der Waals surface area contributed by atoms with Gasteiger partial charge in [-0.25, -0.2) is 0 Å². The molecule has 0 fully saturated rings. The molecule has 0 unspecified atom stereocenters. The van der Waals surface area contributed by atoms with Crippen molar-refractivity contribution in [3.8, 4) is 0 Å². The Balaban J connectivity index is 2.21. The summed E-state index contributed by atoms with van der Waals surface area (Å²) in [5, 5.41) is 0. The van der Waals surface area contributed by atoms with Crippen LogP contribution in [0.3, 0.4) is 0 Å². The van der Waals surface area contributed by atoms with Gasteiger partial charge in [0.15, 0.2) is 5.78 Å². The molecule has 0 saturated heterocycles. The van der Waals surface area contributed by atoms with E-state index in [9.17, 15) is 9.59 Å². The van der Waals surface area contributed by atoms with E-state index in [1.54, 1.807) is 37.3 Å². The molecular formula is C19H18O3. The van der Waals surface area contributed by atoms with Gasteiger partial charge in [0.05, 0.1) is 5.92 Å². The third-order valence-corrected chi connectivity index (χ3v) is 3.38. The Morgan fingerprint density at radius 3 is 2.45 bits per heavy atom. The third-order valence-electron chi connectivity index (χ3n) is 3.38. The van der Waals surface area contributed by atoms with Gasteiger partial charge >= 0.3 is 5.97 Å². The quantitative estimate of drug-likeness (QED) is 0.463. The molecule has 0 amide bonds. The fourth-order valence-corrected chi connectivity index (χ4v) is 2.11. The molecule has 2 aromatic carbocycles. The molecule has 112 valence electrons. The summed E-state index contributed by atoms with van der Waals surface area (Å²) in [7, 11) is 0. The minimum atomic E-state index is -0.427. The molecule has 2 aromatic rings. The molecule has 22 heavy (non-hydrogen) atoms. The molecular weight excluding hydrogens is 276 g/mol. The zero-order chi connectivity index (χ0) is 15.9. The normalized spacial score (nSPS) is 11.5. The van der Waals surface area contributed by atoms with Gasteiger partial charge in [0.25, 0.3) is 0 Å². The molecule has 0 radical (unpaired) electrons. The maximum Gasteiger partial charge on any atom is 0.313 e. The maximum atomic E-state index is 12.4. The average molecular weight is 294 g/mol. The number of carbonyl (C=O) groups excluding carboxylic acids is 2. The van der Waals surface area contributed by atoms with Crippen LogP contribution in [0.25, 0.3) is 0 Å². The summed E-state index contributed by atoms with van der Waals surface area (Å²) in [5.41, 5.74) is 1.95. The highest BCUT2D eigenvalue weighted by Crippen LogP contribution is 2.20. The summed E-state index contributed by atoms with van der Waals surface area (Å²) >= 11 is 0. The van der Waals surface area contributed by atoms with E-state index < -0.39 is 5.92 Å². The van der Waals surface area contributed by atoms with Gasteiger partial charge < -0.3 is 4.74 Å². The van der Waals surface area contributed by atoms with Gasteiger partial charge in [0.1, 0.15) is 6.61 Å². The first-order chi connectivity index (χ1) is 10.6. The SMILES string of the molecule is C=CCOC(=O)[C@@H](C)c1cccc(C(=O)c2ccccc2)c1. The lowest BCUT2D eigenvalue weighted by atomic mass is 9.96. The van der Waals surface area contributed by atoms with Crippen LogP contribution in [-0.4, -0.2) is 18.4 Å². The second-order valence-corrected chi connectivity index (χ2v) is 4.96. The average Bonchev–Trinajstić information content (AvgIpc) is 2.59. The Labute approximate surface area is 130 Å². The predicted molar refractivity (Wildman–Crippen MR) is 85.9 cm³/mol. The van der Waals surface area contributed by atoms with Crippen LogP contribution in [0.5, 0.6) is 0 Å². The van der Waals surface area contributed by atoms with Crippen LogP contribution in [0.1, 0.15) is 34.3 Å². The molecule has 0 bridgehead atoms. The molecule has 0 spiro atoms. The van der Waals surface area contributed by atoms with E-state index in [0.717, 1.165) is 5.56 Å². The second kappa shape index (κ2) is 7.36. The monoisotopic (exact) mass is 294 g/mol. The molecule has 2 rings (SSSR count). The minimum absolute atomic E-state index is 0.0610. The van der Waals surface area contributed by atoms with Crippen LogP contribution in [0, 0.1) is 0 Å². The van der Waals surface area contributed by atoms with Crippen molar-refractivity contribution in [2.45, 2.75) is 12.8 Å². The van der Waals surface area contributed by atoms with Crippen LogP contribution in [-0.2, 0) is 9.53 Å². The van der Waals surface area contributed by atoms with Crippen molar-refractivity contribution in [3.63, 3.8) is 0 Å². The van der Waals surface area contributed by atoms with Gasteiger partial charge in [0, 0.05) is 11.1 Å². The number of hydrogen-bond acceptors (Lipinski definition) is 3. The number of carbonyl (C=O) groups is 2. The molecule has 0 N–H and O–H groups in total. The standard InChI is InChI=1S/C19H18O3/c1-3-12-22-19(21)14(2)16-10-7-11-17(13-16)18(20)15-8-5-4-6-9-15/h3-11,13-14H,1,12H2,2H3/t14-/m0/s1. The number of esters is 1. The lowest BCUT2D eigenvalue weighted by molar-refractivity contribution is -0.143. The second-order valence-electron chi connectivity index (χ2n) is 4.96. The number of ether oxygens (including phenoxy) is 1. The summed E-state index contributed by atoms with van der Waals surface area (Å²) < 4.78 is 5.05. The molecule has 3 heteroatoms. The molecule has 0 aromatic heterocycles. The van der Waals surface area contributed by atoms with E-state index in [-0.39, 0.29) is 18.4 Å². The molecule has 0 heterocycles. The summed E-state index contributed by atoms with van der Waals surface area (Å²) in [6.07, 6.45) is 1.53. The zero-order valence-electron chi connectivity index (χ0n) is 12.5. The van der Waals surface area contributed by atoms with Crippen LogP contribution in [0.2, 0.25) is 0 Å². The number of hydrogen-bond donors (Lipinski definition) is 0. The van der Waals surface area contributed by atoms with E-state index in [2.05, 4.69) is 6.58 Å². The van der Waals surface area contributed by atoms with Gasteiger partial charge in [-0.05, 0) is 18.6 Å². The minimum Gasteiger partial charge on any atom is -0.461 e. The van der Waals surface area contributed by atoms with E-state index in [1.807, 2.05) is 24.3 Å². The Morgan fingerprint density at radius 1 is 1.09 bits per heavy atom. The lowest BCUT2D eigenvalue weighted by Gasteiger charge is -2.12. The first kappa shape index (κ1) is 15.7. The highest BCUT2D eigenvalue weighted by molar-refractivity contribution is 6.09.